The van der Waals surface area contributed by atoms with E-state index >= 15 is 0 Å². The molecule has 3 aromatic rings. The Labute approximate surface area is 223 Å². The zero-order chi connectivity index (χ0) is 26.3. The lowest BCUT2D eigenvalue weighted by atomic mass is 9.86. The number of likely N-dealkylation sites (tertiary alicyclic amines) is 1. The van der Waals surface area contributed by atoms with Crippen LogP contribution in [-0.2, 0) is 11.2 Å². The van der Waals surface area contributed by atoms with E-state index in [4.69, 9.17) is 4.74 Å². The SMILES string of the molecule is COc1ccc(CCN2C(=O)C3(CCN(C(=O)n4ccnc4)CC3)N(C)C2c2ccc(C3CC3)cc2)cc1. The predicted octanol–water partition coefficient (Wildman–Crippen LogP) is 4.29. The lowest BCUT2D eigenvalue weighted by Crippen LogP contribution is -2.56. The van der Waals surface area contributed by atoms with Crippen molar-refractivity contribution in [2.45, 2.75) is 49.7 Å². The van der Waals surface area contributed by atoms with Gasteiger partial charge in [-0.3, -0.25) is 14.3 Å². The highest BCUT2D eigenvalue weighted by molar-refractivity contribution is 5.89. The van der Waals surface area contributed by atoms with Crippen LogP contribution in [0.3, 0.4) is 0 Å². The van der Waals surface area contributed by atoms with Gasteiger partial charge in [-0.1, -0.05) is 36.4 Å². The van der Waals surface area contributed by atoms with Crippen LogP contribution in [0.1, 0.15) is 54.5 Å². The summed E-state index contributed by atoms with van der Waals surface area (Å²) in [6.07, 6.45) is 9.20. The second-order valence-corrected chi connectivity index (χ2v) is 10.8. The fourth-order valence-electron chi connectivity index (χ4n) is 6.17. The molecule has 6 rings (SSSR count). The maximum absolute atomic E-state index is 14.2. The van der Waals surface area contributed by atoms with E-state index in [1.54, 1.807) is 19.5 Å². The van der Waals surface area contributed by atoms with Crippen LogP contribution >= 0.6 is 0 Å². The Morgan fingerprint density at radius 2 is 1.71 bits per heavy atom. The molecule has 3 heterocycles. The number of nitrogens with zero attached hydrogens (tertiary/aromatic N) is 5. The standard InChI is InChI=1S/C30H35N5O3/c1-32-27(25-9-7-24(8-10-25)23-5-6-23)35(17-13-22-3-11-26(38-2)12-4-22)28(36)30(32)14-18-33(19-15-30)29(37)34-20-16-31-21-34/h3-4,7-12,16,20-21,23,27H,5-6,13-15,17-19H2,1-2H3. The summed E-state index contributed by atoms with van der Waals surface area (Å²) in [5, 5.41) is 0. The molecule has 3 aliphatic rings. The molecule has 38 heavy (non-hydrogen) atoms. The normalized spacial score (nSPS) is 21.3. The lowest BCUT2D eigenvalue weighted by molar-refractivity contribution is -0.135. The first-order valence-electron chi connectivity index (χ1n) is 13.5. The summed E-state index contributed by atoms with van der Waals surface area (Å²) in [5.74, 6) is 1.69. The fourth-order valence-corrected chi connectivity index (χ4v) is 6.17. The maximum atomic E-state index is 14.2. The number of carbonyl (C=O) groups is 2. The average molecular weight is 514 g/mol. The summed E-state index contributed by atoms with van der Waals surface area (Å²) in [7, 11) is 3.75. The summed E-state index contributed by atoms with van der Waals surface area (Å²) in [5.41, 5.74) is 3.09. The lowest BCUT2D eigenvalue weighted by Gasteiger charge is -2.42. The molecular weight excluding hydrogens is 478 g/mol. The minimum absolute atomic E-state index is 0.0889. The topological polar surface area (TPSA) is 70.9 Å². The van der Waals surface area contributed by atoms with Crippen LogP contribution in [0.15, 0.2) is 67.3 Å². The van der Waals surface area contributed by atoms with Crippen LogP contribution in [0.2, 0.25) is 0 Å². The van der Waals surface area contributed by atoms with E-state index < -0.39 is 5.54 Å². The Morgan fingerprint density at radius 3 is 2.32 bits per heavy atom. The van der Waals surface area contributed by atoms with Crippen LogP contribution in [0.4, 0.5) is 4.79 Å². The summed E-state index contributed by atoms with van der Waals surface area (Å²) >= 11 is 0. The van der Waals surface area contributed by atoms with Gasteiger partial charge < -0.3 is 14.5 Å². The zero-order valence-corrected chi connectivity index (χ0v) is 22.1. The van der Waals surface area contributed by atoms with E-state index in [0.29, 0.717) is 38.4 Å². The molecule has 1 aliphatic carbocycles. The summed E-state index contributed by atoms with van der Waals surface area (Å²) in [4.78, 5) is 37.3. The molecule has 8 heteroatoms. The van der Waals surface area contributed by atoms with Crippen molar-refractivity contribution in [3.05, 3.63) is 83.9 Å². The van der Waals surface area contributed by atoms with Crippen LogP contribution in [0, 0.1) is 0 Å². The molecule has 1 aromatic heterocycles. The van der Waals surface area contributed by atoms with Crippen LogP contribution in [0.25, 0.3) is 0 Å². The van der Waals surface area contributed by atoms with Crippen molar-refractivity contribution in [3.8, 4) is 5.75 Å². The number of imidazole rings is 1. The summed E-state index contributed by atoms with van der Waals surface area (Å²) in [6, 6.07) is 16.9. The van der Waals surface area contributed by atoms with E-state index in [9.17, 15) is 9.59 Å². The molecule has 1 atom stereocenters. The number of ether oxygens (including phenoxy) is 1. The molecular formula is C30H35N5O3. The number of aromatic nitrogens is 2. The highest BCUT2D eigenvalue weighted by Gasteiger charge is 2.57. The Morgan fingerprint density at radius 1 is 1.03 bits per heavy atom. The molecule has 8 nitrogen and oxygen atoms in total. The number of rotatable bonds is 6. The van der Waals surface area contributed by atoms with E-state index in [1.165, 1.54) is 34.9 Å². The second kappa shape index (κ2) is 9.91. The van der Waals surface area contributed by atoms with Crippen molar-refractivity contribution in [1.29, 1.82) is 0 Å². The number of amides is 2. The minimum Gasteiger partial charge on any atom is -0.497 e. The van der Waals surface area contributed by atoms with Crippen molar-refractivity contribution in [1.82, 2.24) is 24.3 Å². The van der Waals surface area contributed by atoms with Crippen LogP contribution in [-0.4, -0.2) is 75.5 Å². The Balaban J connectivity index is 1.25. The van der Waals surface area contributed by atoms with Crippen molar-refractivity contribution < 1.29 is 14.3 Å². The van der Waals surface area contributed by atoms with Gasteiger partial charge in [0.15, 0.2) is 0 Å². The number of hydrogen-bond acceptors (Lipinski definition) is 5. The van der Waals surface area contributed by atoms with E-state index in [1.807, 2.05) is 17.0 Å². The van der Waals surface area contributed by atoms with Gasteiger partial charge in [-0.05, 0) is 73.9 Å². The van der Waals surface area contributed by atoms with Crippen molar-refractivity contribution in [2.75, 3.05) is 33.8 Å². The van der Waals surface area contributed by atoms with E-state index in [0.717, 1.165) is 17.7 Å². The number of methoxy groups -OCH3 is 1. The maximum Gasteiger partial charge on any atom is 0.329 e. The number of likely N-dealkylation sites (N-methyl/N-ethyl adjacent to an activating group) is 1. The number of piperidine rings is 1. The summed E-state index contributed by atoms with van der Waals surface area (Å²) in [6.45, 7) is 1.70. The Bertz CT molecular complexity index is 1280. The third-order valence-corrected chi connectivity index (χ3v) is 8.67. The second-order valence-electron chi connectivity index (χ2n) is 10.8. The first kappa shape index (κ1) is 24.7. The molecule has 2 amide bonds. The number of carbonyl (C=O) groups excluding carboxylic acids is 2. The molecule has 0 radical (unpaired) electrons. The van der Waals surface area contributed by atoms with Crippen molar-refractivity contribution in [2.24, 2.45) is 0 Å². The van der Waals surface area contributed by atoms with Crippen LogP contribution in [0.5, 0.6) is 5.75 Å². The molecule has 2 saturated heterocycles. The Kier molecular flexibility index (Phi) is 6.43. The van der Waals surface area contributed by atoms with Gasteiger partial charge in [0.1, 0.15) is 23.8 Å². The molecule has 2 aliphatic heterocycles. The molecule has 2 aromatic carbocycles. The molecule has 198 valence electrons. The third-order valence-electron chi connectivity index (χ3n) is 8.67. The van der Waals surface area contributed by atoms with Gasteiger partial charge in [0.05, 0.1) is 7.11 Å². The van der Waals surface area contributed by atoms with Gasteiger partial charge in [-0.15, -0.1) is 0 Å². The quantitative estimate of drug-likeness (QED) is 0.492. The van der Waals surface area contributed by atoms with Gasteiger partial charge in [-0.2, -0.15) is 0 Å². The highest BCUT2D eigenvalue weighted by atomic mass is 16.5. The Hall–Kier alpha value is -3.65. The number of hydrogen-bond donors (Lipinski definition) is 0. The first-order valence-corrected chi connectivity index (χ1v) is 13.5. The zero-order valence-electron chi connectivity index (χ0n) is 22.1. The fraction of sp³-hybridized carbons (Fsp3) is 0.433. The molecule has 3 fully saturated rings. The van der Waals surface area contributed by atoms with Gasteiger partial charge in [0, 0.05) is 32.0 Å². The molecule has 1 spiro atoms. The molecule has 1 unspecified atom stereocenters. The highest BCUT2D eigenvalue weighted by Crippen LogP contribution is 2.46. The van der Waals surface area contributed by atoms with Crippen molar-refractivity contribution >= 4 is 11.9 Å². The van der Waals surface area contributed by atoms with Gasteiger partial charge in [0.25, 0.3) is 0 Å². The van der Waals surface area contributed by atoms with E-state index in [2.05, 4.69) is 58.2 Å². The van der Waals surface area contributed by atoms with Gasteiger partial charge in [-0.25, -0.2) is 9.78 Å². The smallest absolute Gasteiger partial charge is 0.329 e. The minimum atomic E-state index is -0.620. The van der Waals surface area contributed by atoms with Crippen molar-refractivity contribution in [3.63, 3.8) is 0 Å². The first-order chi connectivity index (χ1) is 18.5. The average Bonchev–Trinajstić information content (AvgIpc) is 3.63. The largest absolute Gasteiger partial charge is 0.497 e. The molecule has 1 saturated carbocycles. The molecule has 0 N–H and O–H groups in total. The van der Waals surface area contributed by atoms with Gasteiger partial charge in [0.2, 0.25) is 5.91 Å². The van der Waals surface area contributed by atoms with Crippen LogP contribution < -0.4 is 4.74 Å². The molecule has 0 bridgehead atoms. The van der Waals surface area contributed by atoms with Gasteiger partial charge >= 0.3 is 6.03 Å². The summed E-state index contributed by atoms with van der Waals surface area (Å²) < 4.78 is 6.81. The number of benzene rings is 2. The monoisotopic (exact) mass is 513 g/mol. The van der Waals surface area contributed by atoms with E-state index in [-0.39, 0.29) is 18.1 Å². The third kappa shape index (κ3) is 4.36. The predicted molar refractivity (Wildman–Crippen MR) is 144 cm³/mol.